The molecular weight excluding hydrogens is 262 g/mol. The number of rotatable bonds is 5. The second kappa shape index (κ2) is 6.64. The average Bonchev–Trinajstić information content (AvgIpc) is 2.54. The van der Waals surface area contributed by atoms with Gasteiger partial charge in [-0.3, -0.25) is 0 Å². The van der Waals surface area contributed by atoms with E-state index in [1.807, 2.05) is 30.3 Å². The second-order valence-electron chi connectivity index (χ2n) is 5.29. The number of methoxy groups -OCH3 is 2. The zero-order chi connectivity index (χ0) is 15.4. The third-order valence-electron chi connectivity index (χ3n) is 4.00. The number of aryl methyl sites for hydroxylation is 1. The molecule has 2 N–H and O–H groups in total. The summed E-state index contributed by atoms with van der Waals surface area (Å²) < 4.78 is 10.7. The van der Waals surface area contributed by atoms with Crippen molar-refractivity contribution < 1.29 is 9.47 Å². The van der Waals surface area contributed by atoms with Crippen molar-refractivity contribution >= 4 is 0 Å². The first-order chi connectivity index (χ1) is 10.1. The van der Waals surface area contributed by atoms with Crippen molar-refractivity contribution in [3.63, 3.8) is 0 Å². The Labute approximate surface area is 126 Å². The summed E-state index contributed by atoms with van der Waals surface area (Å²) in [5.41, 5.74) is 9.93. The first-order valence-corrected chi connectivity index (χ1v) is 7.11. The lowest BCUT2D eigenvalue weighted by atomic mass is 9.87. The molecule has 0 aliphatic heterocycles. The van der Waals surface area contributed by atoms with Crippen LogP contribution in [0.15, 0.2) is 42.5 Å². The molecule has 2 aromatic rings. The van der Waals surface area contributed by atoms with Crippen molar-refractivity contribution in [3.05, 3.63) is 59.2 Å². The van der Waals surface area contributed by atoms with E-state index in [2.05, 4.69) is 26.0 Å². The summed E-state index contributed by atoms with van der Waals surface area (Å²) in [7, 11) is 3.28. The highest BCUT2D eigenvalue weighted by Gasteiger charge is 2.20. The normalized spacial score (nSPS) is 13.6. The van der Waals surface area contributed by atoms with Gasteiger partial charge in [0.1, 0.15) is 0 Å². The predicted octanol–water partition coefficient (Wildman–Crippen LogP) is 3.82. The zero-order valence-electron chi connectivity index (χ0n) is 13.1. The fourth-order valence-electron chi connectivity index (χ4n) is 2.59. The maximum atomic E-state index is 6.49. The van der Waals surface area contributed by atoms with E-state index in [0.29, 0.717) is 5.75 Å². The van der Waals surface area contributed by atoms with Crippen LogP contribution in [-0.2, 0) is 0 Å². The Kier molecular flexibility index (Phi) is 4.86. The summed E-state index contributed by atoms with van der Waals surface area (Å²) in [6.07, 6.45) is 0. The van der Waals surface area contributed by atoms with Gasteiger partial charge in [-0.15, -0.1) is 0 Å². The summed E-state index contributed by atoms with van der Waals surface area (Å²) in [6.45, 7) is 4.20. The van der Waals surface area contributed by atoms with Crippen LogP contribution in [0.5, 0.6) is 11.5 Å². The highest BCUT2D eigenvalue weighted by atomic mass is 16.5. The number of hydrogen-bond acceptors (Lipinski definition) is 3. The minimum atomic E-state index is -0.0905. The third-order valence-corrected chi connectivity index (χ3v) is 4.00. The van der Waals surface area contributed by atoms with Gasteiger partial charge in [0.05, 0.1) is 14.2 Å². The second-order valence-corrected chi connectivity index (χ2v) is 5.29. The van der Waals surface area contributed by atoms with Crippen LogP contribution in [-0.4, -0.2) is 14.2 Å². The van der Waals surface area contributed by atoms with Gasteiger partial charge in [0.15, 0.2) is 11.5 Å². The SMILES string of the molecule is COc1cc(C)c(C(N)C(C)c2ccccc2)cc1OC. The zero-order valence-corrected chi connectivity index (χ0v) is 13.1. The molecule has 112 valence electrons. The van der Waals surface area contributed by atoms with Gasteiger partial charge in [-0.25, -0.2) is 0 Å². The molecule has 0 saturated heterocycles. The molecule has 2 unspecified atom stereocenters. The molecule has 2 aromatic carbocycles. The molecule has 2 rings (SSSR count). The lowest BCUT2D eigenvalue weighted by Crippen LogP contribution is -2.19. The Morgan fingerprint density at radius 2 is 1.52 bits per heavy atom. The van der Waals surface area contributed by atoms with Crippen LogP contribution in [0.1, 0.15) is 35.6 Å². The highest BCUT2D eigenvalue weighted by Crippen LogP contribution is 2.36. The summed E-state index contributed by atoms with van der Waals surface area (Å²) >= 11 is 0. The van der Waals surface area contributed by atoms with E-state index in [1.54, 1.807) is 14.2 Å². The van der Waals surface area contributed by atoms with Crippen LogP contribution in [0.25, 0.3) is 0 Å². The van der Waals surface area contributed by atoms with Gasteiger partial charge in [-0.1, -0.05) is 37.3 Å². The van der Waals surface area contributed by atoms with Crippen molar-refractivity contribution in [2.75, 3.05) is 14.2 Å². The van der Waals surface area contributed by atoms with Gasteiger partial charge in [0.2, 0.25) is 0 Å². The molecule has 0 saturated carbocycles. The van der Waals surface area contributed by atoms with Gasteiger partial charge in [-0.05, 0) is 35.7 Å². The van der Waals surface area contributed by atoms with E-state index < -0.39 is 0 Å². The maximum absolute atomic E-state index is 6.49. The van der Waals surface area contributed by atoms with Gasteiger partial charge < -0.3 is 15.2 Å². The van der Waals surface area contributed by atoms with Crippen molar-refractivity contribution in [1.29, 1.82) is 0 Å². The summed E-state index contributed by atoms with van der Waals surface area (Å²) in [5.74, 6) is 1.68. The Morgan fingerprint density at radius 1 is 0.952 bits per heavy atom. The molecule has 21 heavy (non-hydrogen) atoms. The Hall–Kier alpha value is -2.00. The molecule has 0 radical (unpaired) electrons. The number of hydrogen-bond donors (Lipinski definition) is 1. The number of benzene rings is 2. The van der Waals surface area contributed by atoms with Crippen molar-refractivity contribution in [1.82, 2.24) is 0 Å². The van der Waals surface area contributed by atoms with Crippen molar-refractivity contribution in [3.8, 4) is 11.5 Å². The molecule has 0 heterocycles. The van der Waals surface area contributed by atoms with E-state index in [0.717, 1.165) is 16.9 Å². The first kappa shape index (κ1) is 15.4. The van der Waals surface area contributed by atoms with E-state index in [1.165, 1.54) is 5.56 Å². The van der Waals surface area contributed by atoms with Crippen molar-refractivity contribution in [2.45, 2.75) is 25.8 Å². The van der Waals surface area contributed by atoms with Crippen LogP contribution in [0.2, 0.25) is 0 Å². The lowest BCUT2D eigenvalue weighted by Gasteiger charge is -2.23. The van der Waals surface area contributed by atoms with E-state index >= 15 is 0 Å². The first-order valence-electron chi connectivity index (χ1n) is 7.11. The largest absolute Gasteiger partial charge is 0.493 e. The summed E-state index contributed by atoms with van der Waals surface area (Å²) in [4.78, 5) is 0. The van der Waals surface area contributed by atoms with E-state index in [9.17, 15) is 0 Å². The van der Waals surface area contributed by atoms with Gasteiger partial charge in [-0.2, -0.15) is 0 Å². The predicted molar refractivity (Wildman–Crippen MR) is 86.1 cm³/mol. The molecule has 0 bridgehead atoms. The quantitative estimate of drug-likeness (QED) is 0.908. The monoisotopic (exact) mass is 285 g/mol. The molecular formula is C18H23NO2. The fraction of sp³-hybridized carbons (Fsp3) is 0.333. The molecule has 2 atom stereocenters. The maximum Gasteiger partial charge on any atom is 0.161 e. The molecule has 0 aromatic heterocycles. The Balaban J connectivity index is 2.37. The summed E-state index contributed by atoms with van der Waals surface area (Å²) in [6, 6.07) is 14.2. The number of nitrogens with two attached hydrogens (primary N) is 1. The lowest BCUT2D eigenvalue weighted by molar-refractivity contribution is 0.353. The average molecular weight is 285 g/mol. The topological polar surface area (TPSA) is 44.5 Å². The van der Waals surface area contributed by atoms with Crippen LogP contribution in [0.3, 0.4) is 0 Å². The number of ether oxygens (including phenoxy) is 2. The molecule has 0 amide bonds. The van der Waals surface area contributed by atoms with Gasteiger partial charge in [0, 0.05) is 12.0 Å². The van der Waals surface area contributed by atoms with E-state index in [-0.39, 0.29) is 12.0 Å². The van der Waals surface area contributed by atoms with Crippen LogP contribution >= 0.6 is 0 Å². The minimum absolute atomic E-state index is 0.0905. The van der Waals surface area contributed by atoms with Crippen LogP contribution < -0.4 is 15.2 Å². The molecule has 3 nitrogen and oxygen atoms in total. The summed E-state index contributed by atoms with van der Waals surface area (Å²) in [5, 5.41) is 0. The Bertz CT molecular complexity index is 596. The van der Waals surface area contributed by atoms with Gasteiger partial charge in [0.25, 0.3) is 0 Å². The minimum Gasteiger partial charge on any atom is -0.493 e. The molecule has 0 aliphatic carbocycles. The van der Waals surface area contributed by atoms with E-state index in [4.69, 9.17) is 15.2 Å². The van der Waals surface area contributed by atoms with Crippen molar-refractivity contribution in [2.24, 2.45) is 5.73 Å². The highest BCUT2D eigenvalue weighted by molar-refractivity contribution is 5.48. The molecule has 0 fully saturated rings. The third kappa shape index (κ3) is 3.19. The fourth-order valence-corrected chi connectivity index (χ4v) is 2.59. The van der Waals surface area contributed by atoms with Gasteiger partial charge >= 0.3 is 0 Å². The molecule has 0 spiro atoms. The standard InChI is InChI=1S/C18H23NO2/c1-12-10-16(20-3)17(21-4)11-15(12)18(19)13(2)14-8-6-5-7-9-14/h5-11,13,18H,19H2,1-4H3. The molecule has 3 heteroatoms. The smallest absolute Gasteiger partial charge is 0.161 e. The van der Waals surface area contributed by atoms with Crippen LogP contribution in [0, 0.1) is 6.92 Å². The molecule has 0 aliphatic rings. The Morgan fingerprint density at radius 3 is 2.10 bits per heavy atom. The van der Waals surface area contributed by atoms with Crippen LogP contribution in [0.4, 0.5) is 0 Å².